The van der Waals surface area contributed by atoms with Gasteiger partial charge in [0.05, 0.1) is 0 Å². The second kappa shape index (κ2) is 8.95. The smallest absolute Gasteiger partial charge is 0.325 e. The number of anilines is 1. The molecule has 1 unspecified atom stereocenters. The fraction of sp³-hybridized carbons (Fsp3) is 0.333. The van der Waals surface area contributed by atoms with Gasteiger partial charge in [-0.2, -0.15) is 0 Å². The Hall–Kier alpha value is -1.34. The Balaban J connectivity index is 2.63. The molecule has 0 heterocycles. The van der Waals surface area contributed by atoms with Crippen molar-refractivity contribution in [3.63, 3.8) is 0 Å². The van der Waals surface area contributed by atoms with Crippen LogP contribution in [-0.4, -0.2) is 28.7 Å². The van der Waals surface area contributed by atoms with E-state index in [0.717, 1.165) is 16.9 Å². The predicted molar refractivity (Wildman–Crippen MR) is 95.2 cm³/mol. The molecule has 1 aromatic rings. The molecule has 0 aliphatic carbocycles. The summed E-state index contributed by atoms with van der Waals surface area (Å²) in [5, 5.41) is 5.27. The lowest BCUT2D eigenvalue weighted by Crippen LogP contribution is -2.39. The van der Waals surface area contributed by atoms with Crippen LogP contribution in [0.3, 0.4) is 0 Å². The number of aryl methyl sites for hydroxylation is 1. The van der Waals surface area contributed by atoms with Crippen molar-refractivity contribution in [2.24, 2.45) is 0 Å². The van der Waals surface area contributed by atoms with E-state index < -0.39 is 16.8 Å². The fourth-order valence-corrected chi connectivity index (χ4v) is 1.92. The molecule has 120 valence electrons. The van der Waals surface area contributed by atoms with Gasteiger partial charge in [0.25, 0.3) is 0 Å². The Morgan fingerprint density at radius 3 is 2.64 bits per heavy atom. The van der Waals surface area contributed by atoms with E-state index in [2.05, 4.69) is 49.1 Å². The minimum Gasteiger partial charge on any atom is -0.489 e. The second-order valence-electron chi connectivity index (χ2n) is 4.79. The van der Waals surface area contributed by atoms with Crippen LogP contribution < -0.4 is 15.4 Å². The number of carbonyl (C=O) groups is 2. The number of alkyl halides is 2. The molecule has 3 amide bonds. The van der Waals surface area contributed by atoms with Crippen LogP contribution in [0.15, 0.2) is 30.4 Å². The third kappa shape index (κ3) is 6.19. The van der Waals surface area contributed by atoms with Crippen LogP contribution in [-0.2, 0) is 4.79 Å². The number of hydrogen-bond donors (Lipinski definition) is 2. The van der Waals surface area contributed by atoms with E-state index in [1.165, 1.54) is 0 Å². The van der Waals surface area contributed by atoms with Gasteiger partial charge < -0.3 is 10.1 Å². The normalized spacial score (nSPS) is 11.5. The highest BCUT2D eigenvalue weighted by atomic mass is 79.9. The van der Waals surface area contributed by atoms with Gasteiger partial charge >= 0.3 is 6.03 Å². The molecule has 1 rings (SSSR count). The second-order valence-corrected chi connectivity index (χ2v) is 6.54. The molecule has 0 radical (unpaired) electrons. The summed E-state index contributed by atoms with van der Waals surface area (Å²) in [5.74, 6) is 0.317. The van der Waals surface area contributed by atoms with Crippen LogP contribution in [0.1, 0.15) is 12.5 Å². The molecule has 0 spiro atoms. The number of carbonyl (C=O) groups excluding carboxylic acids is 2. The van der Waals surface area contributed by atoms with Crippen molar-refractivity contribution in [2.75, 3.05) is 17.3 Å². The molecular weight excluding hydrogens is 416 g/mol. The number of imide groups is 1. The molecule has 1 aromatic carbocycles. The Labute approximate surface area is 146 Å². The first kappa shape index (κ1) is 18.7. The van der Waals surface area contributed by atoms with Crippen molar-refractivity contribution >= 4 is 49.5 Å². The summed E-state index contributed by atoms with van der Waals surface area (Å²) in [6.07, 6.45) is 0. The molecule has 7 heteroatoms. The van der Waals surface area contributed by atoms with Crippen molar-refractivity contribution in [3.8, 4) is 5.75 Å². The minimum absolute atomic E-state index is 0.410. The zero-order valence-corrected chi connectivity index (χ0v) is 15.6. The average Bonchev–Trinajstić information content (AvgIpc) is 2.45. The number of nitrogens with one attached hydrogen (secondary N) is 2. The van der Waals surface area contributed by atoms with E-state index in [0.29, 0.717) is 17.6 Å². The topological polar surface area (TPSA) is 67.4 Å². The van der Waals surface area contributed by atoms with E-state index in [-0.39, 0.29) is 0 Å². The number of ether oxygens (including phenoxy) is 1. The average molecular weight is 434 g/mol. The Morgan fingerprint density at radius 1 is 1.41 bits per heavy atom. The molecule has 2 N–H and O–H groups in total. The first-order chi connectivity index (χ1) is 10.3. The summed E-state index contributed by atoms with van der Waals surface area (Å²) in [7, 11) is 0. The maximum atomic E-state index is 11.7. The SMILES string of the molecule is C=C(C)COc1ccc(NC(=O)NC(=O)C(Br)CBr)cc1C. The minimum atomic E-state index is -0.578. The largest absolute Gasteiger partial charge is 0.489 e. The summed E-state index contributed by atoms with van der Waals surface area (Å²) >= 11 is 6.30. The predicted octanol–water partition coefficient (Wildman–Crippen LogP) is 3.76. The van der Waals surface area contributed by atoms with Gasteiger partial charge in [0.15, 0.2) is 0 Å². The number of rotatable bonds is 6. The monoisotopic (exact) mass is 432 g/mol. The van der Waals surface area contributed by atoms with Gasteiger partial charge in [0.2, 0.25) is 5.91 Å². The molecule has 22 heavy (non-hydrogen) atoms. The zero-order chi connectivity index (χ0) is 16.7. The molecule has 0 saturated heterocycles. The molecule has 0 aliphatic rings. The van der Waals surface area contributed by atoms with Crippen molar-refractivity contribution in [3.05, 3.63) is 35.9 Å². The third-order valence-corrected chi connectivity index (χ3v) is 4.82. The summed E-state index contributed by atoms with van der Waals surface area (Å²) < 4.78 is 5.58. The van der Waals surface area contributed by atoms with E-state index in [4.69, 9.17) is 4.74 Å². The molecule has 0 bridgehead atoms. The molecule has 0 fully saturated rings. The zero-order valence-electron chi connectivity index (χ0n) is 12.4. The molecule has 0 aromatic heterocycles. The van der Waals surface area contributed by atoms with Gasteiger partial charge in [-0.25, -0.2) is 4.79 Å². The summed E-state index contributed by atoms with van der Waals surface area (Å²) in [6, 6.07) is 4.67. The highest BCUT2D eigenvalue weighted by Gasteiger charge is 2.16. The summed E-state index contributed by atoms with van der Waals surface area (Å²) in [6.45, 7) is 7.98. The van der Waals surface area contributed by atoms with Crippen LogP contribution >= 0.6 is 31.9 Å². The number of benzene rings is 1. The van der Waals surface area contributed by atoms with E-state index in [1.807, 2.05) is 13.8 Å². The number of halogens is 2. The van der Waals surface area contributed by atoms with E-state index in [9.17, 15) is 9.59 Å². The van der Waals surface area contributed by atoms with Gasteiger partial charge in [0, 0.05) is 11.0 Å². The Morgan fingerprint density at radius 2 is 2.09 bits per heavy atom. The first-order valence-electron chi connectivity index (χ1n) is 6.53. The van der Waals surface area contributed by atoms with Crippen molar-refractivity contribution in [1.29, 1.82) is 0 Å². The maximum absolute atomic E-state index is 11.7. The van der Waals surface area contributed by atoms with Crippen molar-refractivity contribution in [1.82, 2.24) is 5.32 Å². The standard InChI is InChI=1S/C15H18Br2N2O3/c1-9(2)8-22-13-5-4-11(6-10(13)3)18-15(21)19-14(20)12(17)7-16/h4-6,12H,1,7-8H2,2-3H3,(H2,18,19,20,21). The maximum Gasteiger partial charge on any atom is 0.325 e. The molecule has 5 nitrogen and oxygen atoms in total. The lowest BCUT2D eigenvalue weighted by molar-refractivity contribution is -0.118. The molecule has 0 saturated carbocycles. The lowest BCUT2D eigenvalue weighted by Gasteiger charge is -2.12. The summed E-state index contributed by atoms with van der Waals surface area (Å²) in [5.41, 5.74) is 2.38. The van der Waals surface area contributed by atoms with E-state index >= 15 is 0 Å². The molecular formula is C15H18Br2N2O3. The quantitative estimate of drug-likeness (QED) is 0.530. The van der Waals surface area contributed by atoms with Crippen LogP contribution in [0, 0.1) is 6.92 Å². The van der Waals surface area contributed by atoms with Crippen LogP contribution in [0.4, 0.5) is 10.5 Å². The van der Waals surface area contributed by atoms with Gasteiger partial charge in [-0.05, 0) is 43.2 Å². The molecule has 1 atom stereocenters. The van der Waals surface area contributed by atoms with Crippen LogP contribution in [0.2, 0.25) is 0 Å². The Bertz CT molecular complexity index is 576. The summed E-state index contributed by atoms with van der Waals surface area (Å²) in [4.78, 5) is 22.8. The van der Waals surface area contributed by atoms with Gasteiger partial charge in [-0.3, -0.25) is 10.1 Å². The highest BCUT2D eigenvalue weighted by Crippen LogP contribution is 2.22. The van der Waals surface area contributed by atoms with Gasteiger partial charge in [-0.1, -0.05) is 38.4 Å². The van der Waals surface area contributed by atoms with Crippen molar-refractivity contribution < 1.29 is 14.3 Å². The lowest BCUT2D eigenvalue weighted by atomic mass is 10.2. The van der Waals surface area contributed by atoms with Gasteiger partial charge in [-0.15, -0.1) is 0 Å². The van der Waals surface area contributed by atoms with E-state index in [1.54, 1.807) is 18.2 Å². The third-order valence-electron chi connectivity index (χ3n) is 2.56. The number of hydrogen-bond acceptors (Lipinski definition) is 3. The molecule has 0 aliphatic heterocycles. The highest BCUT2D eigenvalue weighted by molar-refractivity contribution is 9.12. The van der Waals surface area contributed by atoms with Gasteiger partial charge in [0.1, 0.15) is 17.2 Å². The fourth-order valence-electron chi connectivity index (χ4n) is 1.51. The van der Waals surface area contributed by atoms with Crippen molar-refractivity contribution in [2.45, 2.75) is 18.7 Å². The number of urea groups is 1. The Kier molecular flexibility index (Phi) is 7.61. The van der Waals surface area contributed by atoms with Crippen LogP contribution in [0.5, 0.6) is 5.75 Å². The number of amides is 3. The van der Waals surface area contributed by atoms with Crippen LogP contribution in [0.25, 0.3) is 0 Å². The first-order valence-corrected chi connectivity index (χ1v) is 8.57.